The van der Waals surface area contributed by atoms with E-state index in [-0.39, 0.29) is 0 Å². The first kappa shape index (κ1) is 15.8. The van der Waals surface area contributed by atoms with Gasteiger partial charge in [-0.25, -0.2) is 4.98 Å². The fraction of sp³-hybridized carbons (Fsp3) is 0.143. The van der Waals surface area contributed by atoms with Crippen molar-refractivity contribution in [1.82, 2.24) is 9.55 Å². The number of nitrogens with zero attached hydrogens (tertiary/aromatic N) is 3. The number of aromatic nitrogens is 2. The Morgan fingerprint density at radius 3 is 2.67 bits per heavy atom. The van der Waals surface area contributed by atoms with Gasteiger partial charge in [-0.1, -0.05) is 31.2 Å². The molecule has 0 radical (unpaired) electrons. The van der Waals surface area contributed by atoms with Crippen molar-refractivity contribution in [3.8, 4) is 22.9 Å². The fourth-order valence-corrected chi connectivity index (χ4v) is 2.90. The molecule has 0 N–H and O–H groups in total. The lowest BCUT2D eigenvalue weighted by Gasteiger charge is -2.14. The van der Waals surface area contributed by atoms with Gasteiger partial charge in [-0.05, 0) is 59.9 Å². The highest BCUT2D eigenvalue weighted by Crippen LogP contribution is 2.31. The van der Waals surface area contributed by atoms with Gasteiger partial charge in [0.15, 0.2) is 0 Å². The molecule has 0 spiro atoms. The van der Waals surface area contributed by atoms with Gasteiger partial charge in [0.1, 0.15) is 0 Å². The highest BCUT2D eigenvalue weighted by atomic mass is 15.0. The van der Waals surface area contributed by atoms with Gasteiger partial charge in [0, 0.05) is 18.1 Å². The second-order valence-electron chi connectivity index (χ2n) is 5.58. The Morgan fingerprint density at radius 1 is 1.17 bits per heavy atom. The lowest BCUT2D eigenvalue weighted by atomic mass is 9.92. The zero-order chi connectivity index (χ0) is 16.9. The van der Waals surface area contributed by atoms with E-state index >= 15 is 0 Å². The number of hydrogen-bond acceptors (Lipinski definition) is 2. The first-order valence-electron chi connectivity index (χ1n) is 8.05. The molecule has 0 saturated carbocycles. The summed E-state index contributed by atoms with van der Waals surface area (Å²) in [5, 5.41) is 9.15. The molecule has 118 valence electrons. The maximum atomic E-state index is 9.15. The van der Waals surface area contributed by atoms with Crippen LogP contribution in [0, 0.1) is 11.3 Å². The molecule has 24 heavy (non-hydrogen) atoms. The van der Waals surface area contributed by atoms with Crippen LogP contribution in [0.4, 0.5) is 0 Å². The maximum absolute atomic E-state index is 9.15. The van der Waals surface area contributed by atoms with E-state index < -0.39 is 0 Å². The molecule has 3 rings (SSSR count). The van der Waals surface area contributed by atoms with Crippen molar-refractivity contribution >= 4 is 6.08 Å². The fourth-order valence-electron chi connectivity index (χ4n) is 2.90. The van der Waals surface area contributed by atoms with Crippen LogP contribution in [0.1, 0.15) is 30.5 Å². The second kappa shape index (κ2) is 6.97. The van der Waals surface area contributed by atoms with Crippen LogP contribution in [0.25, 0.3) is 22.9 Å². The molecular weight excluding hydrogens is 294 g/mol. The first-order chi connectivity index (χ1) is 11.8. The van der Waals surface area contributed by atoms with Gasteiger partial charge < -0.3 is 4.57 Å². The molecule has 3 aromatic rings. The Hall–Kier alpha value is -3.12. The van der Waals surface area contributed by atoms with Crippen LogP contribution in [-0.4, -0.2) is 9.55 Å². The number of nitriles is 1. The smallest absolute Gasteiger partial charge is 0.0991 e. The van der Waals surface area contributed by atoms with Crippen LogP contribution < -0.4 is 0 Å². The van der Waals surface area contributed by atoms with Gasteiger partial charge in [-0.3, -0.25) is 0 Å². The van der Waals surface area contributed by atoms with E-state index in [0.29, 0.717) is 5.56 Å². The monoisotopic (exact) mass is 313 g/mol. The molecule has 1 heterocycles. The average molecular weight is 313 g/mol. The summed E-state index contributed by atoms with van der Waals surface area (Å²) in [6.45, 7) is 4.15. The molecule has 3 nitrogen and oxygen atoms in total. The summed E-state index contributed by atoms with van der Waals surface area (Å²) in [6.07, 6.45) is 10.5. The predicted octanol–water partition coefficient (Wildman–Crippen LogP) is 5.01. The van der Waals surface area contributed by atoms with Crippen molar-refractivity contribution in [1.29, 1.82) is 5.26 Å². The third-order valence-electron chi connectivity index (χ3n) is 4.09. The second-order valence-corrected chi connectivity index (χ2v) is 5.58. The highest BCUT2D eigenvalue weighted by molar-refractivity contribution is 5.79. The minimum atomic E-state index is 0.680. The van der Waals surface area contributed by atoms with Crippen LogP contribution in [0.3, 0.4) is 0 Å². The summed E-state index contributed by atoms with van der Waals surface area (Å²) in [5.41, 5.74) is 6.49. The zero-order valence-corrected chi connectivity index (χ0v) is 13.9. The van der Waals surface area contributed by atoms with Gasteiger partial charge in [0.2, 0.25) is 0 Å². The molecule has 0 amide bonds. The van der Waals surface area contributed by atoms with E-state index in [0.717, 1.165) is 23.2 Å². The van der Waals surface area contributed by atoms with E-state index in [1.54, 1.807) is 12.5 Å². The maximum Gasteiger partial charge on any atom is 0.0991 e. The normalized spacial score (nSPS) is 10.9. The van der Waals surface area contributed by atoms with E-state index in [9.17, 15) is 0 Å². The molecule has 0 saturated heterocycles. The molecule has 2 aromatic carbocycles. The third-order valence-corrected chi connectivity index (χ3v) is 4.09. The molecule has 0 aliphatic heterocycles. The van der Waals surface area contributed by atoms with Gasteiger partial charge in [0.05, 0.1) is 18.0 Å². The standard InChI is InChI=1S/C21H19N3/c1-3-5-18-12-16(14-22)6-8-21(18)20-9-7-19(13-17(20)4-2)24-11-10-23-15-24/h3,5-13,15H,4H2,1-2H3/b5-3+. The summed E-state index contributed by atoms with van der Waals surface area (Å²) in [5.74, 6) is 0. The molecule has 0 unspecified atom stereocenters. The number of benzene rings is 2. The van der Waals surface area contributed by atoms with E-state index in [4.69, 9.17) is 5.26 Å². The summed E-state index contributed by atoms with van der Waals surface area (Å²) < 4.78 is 2.01. The Balaban J connectivity index is 2.14. The SMILES string of the molecule is C/C=C/c1cc(C#N)ccc1-c1ccc(-n2ccnc2)cc1CC. The molecular formula is C21H19N3. The van der Waals surface area contributed by atoms with Gasteiger partial charge in [-0.15, -0.1) is 0 Å². The quantitative estimate of drug-likeness (QED) is 0.679. The lowest BCUT2D eigenvalue weighted by molar-refractivity contribution is 1.04. The average Bonchev–Trinajstić information content (AvgIpc) is 3.16. The van der Waals surface area contributed by atoms with Crippen LogP contribution in [0.2, 0.25) is 0 Å². The van der Waals surface area contributed by atoms with Gasteiger partial charge >= 0.3 is 0 Å². The minimum Gasteiger partial charge on any atom is -0.306 e. The summed E-state index contributed by atoms with van der Waals surface area (Å²) in [6, 6.07) is 14.5. The number of hydrogen-bond donors (Lipinski definition) is 0. The lowest BCUT2D eigenvalue weighted by Crippen LogP contribution is -1.96. The molecule has 0 atom stereocenters. The molecule has 1 aromatic heterocycles. The van der Waals surface area contributed by atoms with Crippen LogP contribution in [-0.2, 0) is 6.42 Å². The van der Waals surface area contributed by atoms with Crippen molar-refractivity contribution in [2.75, 3.05) is 0 Å². The highest BCUT2D eigenvalue weighted by Gasteiger charge is 2.10. The minimum absolute atomic E-state index is 0.680. The summed E-state index contributed by atoms with van der Waals surface area (Å²) in [7, 11) is 0. The van der Waals surface area contributed by atoms with Crippen LogP contribution in [0.15, 0.2) is 61.2 Å². The Bertz CT molecular complexity index is 913. The largest absolute Gasteiger partial charge is 0.306 e. The Morgan fingerprint density at radius 2 is 2.00 bits per heavy atom. The number of rotatable bonds is 4. The van der Waals surface area contributed by atoms with Crippen molar-refractivity contribution in [3.05, 3.63) is 77.9 Å². The van der Waals surface area contributed by atoms with Crippen molar-refractivity contribution in [2.24, 2.45) is 0 Å². The van der Waals surface area contributed by atoms with Gasteiger partial charge in [-0.2, -0.15) is 5.26 Å². The number of aryl methyl sites for hydroxylation is 1. The number of allylic oxidation sites excluding steroid dienone is 1. The zero-order valence-electron chi connectivity index (χ0n) is 13.9. The van der Waals surface area contributed by atoms with Crippen molar-refractivity contribution < 1.29 is 0 Å². The van der Waals surface area contributed by atoms with Crippen molar-refractivity contribution in [2.45, 2.75) is 20.3 Å². The molecule has 0 aliphatic rings. The molecule has 3 heteroatoms. The predicted molar refractivity (Wildman–Crippen MR) is 97.8 cm³/mol. The first-order valence-corrected chi connectivity index (χ1v) is 8.05. The summed E-state index contributed by atoms with van der Waals surface area (Å²) in [4.78, 5) is 4.12. The summed E-state index contributed by atoms with van der Waals surface area (Å²) >= 11 is 0. The van der Waals surface area contributed by atoms with Crippen LogP contribution in [0.5, 0.6) is 0 Å². The Labute approximate surface area is 142 Å². The molecule has 0 aliphatic carbocycles. The molecule has 0 fully saturated rings. The van der Waals surface area contributed by atoms with E-state index in [2.05, 4.69) is 42.3 Å². The van der Waals surface area contributed by atoms with Crippen LogP contribution >= 0.6 is 0 Å². The van der Waals surface area contributed by atoms with E-state index in [1.165, 1.54) is 11.1 Å². The van der Waals surface area contributed by atoms with Crippen molar-refractivity contribution in [3.63, 3.8) is 0 Å². The van der Waals surface area contributed by atoms with Gasteiger partial charge in [0.25, 0.3) is 0 Å². The topological polar surface area (TPSA) is 41.6 Å². The van der Waals surface area contributed by atoms with E-state index in [1.807, 2.05) is 42.0 Å². The molecule has 0 bridgehead atoms. The third kappa shape index (κ3) is 3.00. The number of imidazole rings is 1. The Kier molecular flexibility index (Phi) is 4.58.